The van der Waals surface area contributed by atoms with Gasteiger partial charge in [-0.2, -0.15) is 0 Å². The molecule has 1 atom stereocenters. The Labute approximate surface area is 106 Å². The molecule has 4 heteroatoms. The highest BCUT2D eigenvalue weighted by Crippen LogP contribution is 2.14. The molecule has 1 aromatic carbocycles. The zero-order valence-electron chi connectivity index (χ0n) is 10.7. The Morgan fingerprint density at radius 3 is 2.35 bits per heavy atom. The van der Waals surface area contributed by atoms with Crippen LogP contribution in [0, 0.1) is 0 Å². The van der Waals surface area contributed by atoms with Gasteiger partial charge in [0.2, 0.25) is 0 Å². The highest BCUT2D eigenvalue weighted by atomic mass is 32.2. The van der Waals surface area contributed by atoms with Gasteiger partial charge in [0.05, 0.1) is 6.61 Å². The SMILES string of the molecule is CC(C)(C)S(=O)CCCOc1ccc(N)cc1. The summed E-state index contributed by atoms with van der Waals surface area (Å²) in [5.74, 6) is 1.49. The van der Waals surface area contributed by atoms with Crippen molar-refractivity contribution in [2.45, 2.75) is 31.9 Å². The molecular weight excluding hydrogens is 234 g/mol. The maximum atomic E-state index is 11.8. The van der Waals surface area contributed by atoms with E-state index in [-0.39, 0.29) is 4.75 Å². The first-order chi connectivity index (χ1) is 7.89. The number of nitrogens with two attached hydrogens (primary N) is 1. The van der Waals surface area contributed by atoms with Crippen LogP contribution in [0.15, 0.2) is 24.3 Å². The highest BCUT2D eigenvalue weighted by Gasteiger charge is 2.18. The molecule has 2 N–H and O–H groups in total. The monoisotopic (exact) mass is 255 g/mol. The van der Waals surface area contributed by atoms with Gasteiger partial charge in [-0.3, -0.25) is 4.21 Å². The van der Waals surface area contributed by atoms with Crippen molar-refractivity contribution in [3.05, 3.63) is 24.3 Å². The smallest absolute Gasteiger partial charge is 0.119 e. The molecule has 1 rings (SSSR count). The van der Waals surface area contributed by atoms with E-state index in [4.69, 9.17) is 10.5 Å². The van der Waals surface area contributed by atoms with Gasteiger partial charge in [0, 0.05) is 27.0 Å². The topological polar surface area (TPSA) is 52.3 Å². The summed E-state index contributed by atoms with van der Waals surface area (Å²) in [5, 5.41) is 0. The standard InChI is InChI=1S/C13H21NO2S/c1-13(2,3)17(15)10-4-9-16-12-7-5-11(14)6-8-12/h5-8H,4,9-10,14H2,1-3H3. The molecule has 17 heavy (non-hydrogen) atoms. The van der Waals surface area contributed by atoms with E-state index in [9.17, 15) is 4.21 Å². The number of hydrogen-bond acceptors (Lipinski definition) is 3. The van der Waals surface area contributed by atoms with Crippen LogP contribution in [0.4, 0.5) is 5.69 Å². The normalized spacial score (nSPS) is 13.4. The molecule has 3 nitrogen and oxygen atoms in total. The molecule has 0 radical (unpaired) electrons. The summed E-state index contributed by atoms with van der Waals surface area (Å²) in [7, 11) is -0.799. The molecule has 0 bridgehead atoms. The number of benzene rings is 1. The van der Waals surface area contributed by atoms with Crippen LogP contribution in [0.5, 0.6) is 5.75 Å². The molecule has 0 aromatic heterocycles. The molecule has 0 saturated carbocycles. The molecule has 0 saturated heterocycles. The Bertz CT molecular complexity index is 368. The van der Waals surface area contributed by atoms with Gasteiger partial charge in [-0.05, 0) is 51.5 Å². The van der Waals surface area contributed by atoms with Crippen LogP contribution in [0.2, 0.25) is 0 Å². The van der Waals surface area contributed by atoms with E-state index in [0.29, 0.717) is 12.4 Å². The number of rotatable bonds is 5. The fraction of sp³-hybridized carbons (Fsp3) is 0.538. The first-order valence-electron chi connectivity index (χ1n) is 5.76. The Hall–Kier alpha value is -1.03. The minimum absolute atomic E-state index is 0.138. The number of anilines is 1. The molecule has 0 aliphatic carbocycles. The third-order valence-corrected chi connectivity index (χ3v) is 4.33. The second-order valence-corrected chi connectivity index (χ2v) is 7.26. The quantitative estimate of drug-likeness (QED) is 0.650. The second kappa shape index (κ2) is 6.05. The zero-order chi connectivity index (χ0) is 12.9. The van der Waals surface area contributed by atoms with E-state index in [1.165, 1.54) is 0 Å². The molecular formula is C13H21NO2S. The van der Waals surface area contributed by atoms with Crippen molar-refractivity contribution in [2.24, 2.45) is 0 Å². The van der Waals surface area contributed by atoms with Crippen LogP contribution in [0.1, 0.15) is 27.2 Å². The number of ether oxygens (including phenoxy) is 1. The van der Waals surface area contributed by atoms with Crippen molar-refractivity contribution in [1.82, 2.24) is 0 Å². The number of nitrogen functional groups attached to an aromatic ring is 1. The molecule has 0 aliphatic heterocycles. The Morgan fingerprint density at radius 1 is 1.24 bits per heavy atom. The van der Waals surface area contributed by atoms with Crippen molar-refractivity contribution < 1.29 is 8.95 Å². The van der Waals surface area contributed by atoms with Crippen molar-refractivity contribution >= 4 is 16.5 Å². The van der Waals surface area contributed by atoms with E-state index in [0.717, 1.165) is 17.9 Å². The summed E-state index contributed by atoms with van der Waals surface area (Å²) < 4.78 is 17.2. The van der Waals surface area contributed by atoms with Crippen molar-refractivity contribution in [2.75, 3.05) is 18.1 Å². The lowest BCUT2D eigenvalue weighted by Crippen LogP contribution is -2.24. The fourth-order valence-corrected chi connectivity index (χ4v) is 2.24. The predicted molar refractivity (Wildman–Crippen MR) is 73.7 cm³/mol. The van der Waals surface area contributed by atoms with Gasteiger partial charge in [-0.15, -0.1) is 0 Å². The molecule has 0 spiro atoms. The molecule has 0 amide bonds. The lowest BCUT2D eigenvalue weighted by molar-refractivity contribution is 0.318. The van der Waals surface area contributed by atoms with Crippen molar-refractivity contribution in [3.63, 3.8) is 0 Å². The lowest BCUT2D eigenvalue weighted by atomic mass is 10.3. The zero-order valence-corrected chi connectivity index (χ0v) is 11.5. The average molecular weight is 255 g/mol. The van der Waals surface area contributed by atoms with Crippen LogP contribution in [0.3, 0.4) is 0 Å². The molecule has 1 unspecified atom stereocenters. The van der Waals surface area contributed by atoms with E-state index in [1.54, 1.807) is 0 Å². The van der Waals surface area contributed by atoms with Gasteiger partial charge in [0.25, 0.3) is 0 Å². The summed E-state index contributed by atoms with van der Waals surface area (Å²) >= 11 is 0. The van der Waals surface area contributed by atoms with Crippen LogP contribution in [-0.2, 0) is 10.8 Å². The summed E-state index contributed by atoms with van der Waals surface area (Å²) in [6.45, 7) is 6.56. The van der Waals surface area contributed by atoms with Gasteiger partial charge >= 0.3 is 0 Å². The summed E-state index contributed by atoms with van der Waals surface area (Å²) in [6.07, 6.45) is 0.800. The van der Waals surface area contributed by atoms with Gasteiger partial charge in [-0.25, -0.2) is 0 Å². The second-order valence-electron chi connectivity index (χ2n) is 4.93. The van der Waals surface area contributed by atoms with E-state index < -0.39 is 10.8 Å². The van der Waals surface area contributed by atoms with Crippen molar-refractivity contribution in [3.8, 4) is 5.75 Å². The largest absolute Gasteiger partial charge is 0.494 e. The maximum Gasteiger partial charge on any atom is 0.119 e. The molecule has 1 aromatic rings. The Morgan fingerprint density at radius 2 is 1.82 bits per heavy atom. The summed E-state index contributed by atoms with van der Waals surface area (Å²) in [4.78, 5) is 0. The van der Waals surface area contributed by atoms with Crippen LogP contribution in [-0.4, -0.2) is 21.3 Å². The van der Waals surface area contributed by atoms with Gasteiger partial charge in [0.15, 0.2) is 0 Å². The minimum Gasteiger partial charge on any atom is -0.494 e. The Kier molecular flexibility index (Phi) is 5.00. The van der Waals surface area contributed by atoms with Crippen LogP contribution >= 0.6 is 0 Å². The van der Waals surface area contributed by atoms with E-state index in [2.05, 4.69) is 0 Å². The van der Waals surface area contributed by atoms with E-state index in [1.807, 2.05) is 45.0 Å². The lowest BCUT2D eigenvalue weighted by Gasteiger charge is -2.17. The molecule has 0 heterocycles. The van der Waals surface area contributed by atoms with Gasteiger partial charge < -0.3 is 10.5 Å². The predicted octanol–water partition coefficient (Wildman–Crippen LogP) is 2.58. The minimum atomic E-state index is -0.799. The first-order valence-corrected chi connectivity index (χ1v) is 7.08. The molecule has 96 valence electrons. The van der Waals surface area contributed by atoms with Gasteiger partial charge in [0.1, 0.15) is 5.75 Å². The molecule has 0 aliphatic rings. The third-order valence-electron chi connectivity index (χ3n) is 2.31. The first kappa shape index (κ1) is 14.0. The fourth-order valence-electron chi connectivity index (χ4n) is 1.25. The van der Waals surface area contributed by atoms with E-state index >= 15 is 0 Å². The van der Waals surface area contributed by atoms with Gasteiger partial charge in [-0.1, -0.05) is 0 Å². The van der Waals surface area contributed by atoms with Crippen LogP contribution in [0.25, 0.3) is 0 Å². The highest BCUT2D eigenvalue weighted by molar-refractivity contribution is 7.86. The third kappa shape index (κ3) is 5.22. The average Bonchev–Trinajstić information content (AvgIpc) is 2.25. The number of hydrogen-bond donors (Lipinski definition) is 1. The summed E-state index contributed by atoms with van der Waals surface area (Å²) in [6, 6.07) is 7.30. The Balaban J connectivity index is 2.25. The van der Waals surface area contributed by atoms with Crippen molar-refractivity contribution in [1.29, 1.82) is 0 Å². The molecule has 0 fully saturated rings. The summed E-state index contributed by atoms with van der Waals surface area (Å²) in [5.41, 5.74) is 6.30. The maximum absolute atomic E-state index is 11.8. The van der Waals surface area contributed by atoms with Crippen LogP contribution < -0.4 is 10.5 Å².